The largest absolute Gasteiger partial charge is 0.432 e. The lowest BCUT2D eigenvalue weighted by molar-refractivity contribution is -0.138. The number of imide groups is 1. The van der Waals surface area contributed by atoms with Crippen LogP contribution < -0.4 is 5.32 Å². The number of nitrogens with one attached hydrogen (secondary N) is 1. The smallest absolute Gasteiger partial charge is 0.415 e. The molecule has 0 radical (unpaired) electrons. The summed E-state index contributed by atoms with van der Waals surface area (Å²) in [7, 11) is 0. The molecule has 1 fully saturated rings. The van der Waals surface area contributed by atoms with Crippen molar-refractivity contribution in [2.45, 2.75) is 33.3 Å². The van der Waals surface area contributed by atoms with Crippen LogP contribution >= 0.6 is 0 Å². The predicted octanol–water partition coefficient (Wildman–Crippen LogP) is 1.06. The summed E-state index contributed by atoms with van der Waals surface area (Å²) < 4.78 is 4.93. The van der Waals surface area contributed by atoms with Crippen LogP contribution in [0.4, 0.5) is 4.79 Å². The summed E-state index contributed by atoms with van der Waals surface area (Å²) in [5.74, 6) is -0.361. The fourth-order valence-electron chi connectivity index (χ4n) is 0.963. The predicted molar refractivity (Wildman–Crippen MR) is 42.5 cm³/mol. The minimum absolute atomic E-state index is 0.361. The first-order valence-electron chi connectivity index (χ1n) is 3.82. The second kappa shape index (κ2) is 2.21. The van der Waals surface area contributed by atoms with E-state index in [4.69, 9.17) is 4.74 Å². The van der Waals surface area contributed by atoms with Gasteiger partial charge < -0.3 is 4.74 Å². The Labute approximate surface area is 71.3 Å². The molecule has 12 heavy (non-hydrogen) atoms. The van der Waals surface area contributed by atoms with E-state index >= 15 is 0 Å². The molecule has 0 aromatic carbocycles. The van der Waals surface area contributed by atoms with E-state index in [1.807, 2.05) is 20.8 Å². The third-order valence-electron chi connectivity index (χ3n) is 2.38. The van der Waals surface area contributed by atoms with Crippen LogP contribution in [-0.4, -0.2) is 17.6 Å². The summed E-state index contributed by atoms with van der Waals surface area (Å²) in [6.45, 7) is 7.18. The molecule has 0 aliphatic carbocycles. The summed E-state index contributed by atoms with van der Waals surface area (Å²) in [6, 6.07) is 0. The van der Waals surface area contributed by atoms with E-state index in [1.165, 1.54) is 0 Å². The third-order valence-corrected chi connectivity index (χ3v) is 2.38. The van der Waals surface area contributed by atoms with E-state index in [-0.39, 0.29) is 11.3 Å². The minimum Gasteiger partial charge on any atom is -0.432 e. The maximum absolute atomic E-state index is 11.3. The number of carbonyl (C=O) groups excluding carboxylic acids is 2. The average molecular weight is 171 g/mol. The molecule has 68 valence electrons. The second-order valence-corrected chi connectivity index (χ2v) is 4.13. The molecule has 0 aromatic heterocycles. The summed E-state index contributed by atoms with van der Waals surface area (Å²) in [5.41, 5.74) is -1.42. The van der Waals surface area contributed by atoms with Crippen molar-refractivity contribution < 1.29 is 14.3 Å². The molecule has 1 rings (SSSR count). The van der Waals surface area contributed by atoms with Gasteiger partial charge in [0.15, 0.2) is 5.60 Å². The fraction of sp³-hybridized carbons (Fsp3) is 0.750. The van der Waals surface area contributed by atoms with E-state index in [0.29, 0.717) is 0 Å². The van der Waals surface area contributed by atoms with Crippen molar-refractivity contribution in [3.05, 3.63) is 0 Å². The Balaban J connectivity index is 3.00. The molecule has 1 saturated heterocycles. The van der Waals surface area contributed by atoms with E-state index in [9.17, 15) is 9.59 Å². The number of ether oxygens (including phenoxy) is 1. The van der Waals surface area contributed by atoms with Crippen molar-refractivity contribution in [3.8, 4) is 0 Å². The topological polar surface area (TPSA) is 55.4 Å². The lowest BCUT2D eigenvalue weighted by Gasteiger charge is -2.33. The van der Waals surface area contributed by atoms with E-state index < -0.39 is 11.7 Å². The van der Waals surface area contributed by atoms with Crippen molar-refractivity contribution >= 4 is 12.0 Å². The fourth-order valence-corrected chi connectivity index (χ4v) is 0.963. The molecule has 0 spiro atoms. The number of rotatable bonds is 0. The molecule has 1 aliphatic heterocycles. The molecule has 4 nitrogen and oxygen atoms in total. The van der Waals surface area contributed by atoms with Crippen molar-refractivity contribution in [1.82, 2.24) is 5.32 Å². The molecule has 0 aromatic rings. The van der Waals surface area contributed by atoms with Gasteiger partial charge in [-0.15, -0.1) is 0 Å². The maximum Gasteiger partial charge on any atom is 0.415 e. The van der Waals surface area contributed by atoms with Crippen LogP contribution in [0.1, 0.15) is 27.7 Å². The third kappa shape index (κ3) is 1.07. The van der Waals surface area contributed by atoms with Crippen LogP contribution in [0.2, 0.25) is 0 Å². The van der Waals surface area contributed by atoms with E-state index in [2.05, 4.69) is 5.32 Å². The highest BCUT2D eigenvalue weighted by molar-refractivity contribution is 6.03. The first-order chi connectivity index (χ1) is 5.27. The maximum atomic E-state index is 11.3. The normalized spacial score (nSPS) is 30.0. The molecule has 2 amide bonds. The summed E-state index contributed by atoms with van der Waals surface area (Å²) in [6.07, 6.45) is -0.655. The van der Waals surface area contributed by atoms with Gasteiger partial charge in [-0.1, -0.05) is 20.8 Å². The van der Waals surface area contributed by atoms with Crippen molar-refractivity contribution in [1.29, 1.82) is 0 Å². The van der Waals surface area contributed by atoms with E-state index in [0.717, 1.165) is 0 Å². The van der Waals surface area contributed by atoms with Gasteiger partial charge in [0, 0.05) is 5.41 Å². The lowest BCUT2D eigenvalue weighted by atomic mass is 9.77. The number of amides is 2. The molecule has 4 heteroatoms. The minimum atomic E-state index is -1.04. The number of hydrogen-bond acceptors (Lipinski definition) is 3. The quantitative estimate of drug-likeness (QED) is 0.592. The van der Waals surface area contributed by atoms with Crippen molar-refractivity contribution in [2.75, 3.05) is 0 Å². The van der Waals surface area contributed by atoms with Gasteiger partial charge in [0.2, 0.25) is 0 Å². The highest BCUT2D eigenvalue weighted by atomic mass is 16.6. The second-order valence-electron chi connectivity index (χ2n) is 4.13. The number of cyclic esters (lactones) is 1. The van der Waals surface area contributed by atoms with Gasteiger partial charge in [0.25, 0.3) is 5.91 Å². The van der Waals surface area contributed by atoms with Gasteiger partial charge in [-0.25, -0.2) is 4.79 Å². The molecule has 1 unspecified atom stereocenters. The van der Waals surface area contributed by atoms with Gasteiger partial charge in [-0.3, -0.25) is 10.1 Å². The van der Waals surface area contributed by atoms with Crippen LogP contribution in [0, 0.1) is 5.41 Å². The van der Waals surface area contributed by atoms with Crippen molar-refractivity contribution in [3.63, 3.8) is 0 Å². The zero-order valence-electron chi connectivity index (χ0n) is 7.72. The van der Waals surface area contributed by atoms with Gasteiger partial charge in [-0.05, 0) is 6.92 Å². The van der Waals surface area contributed by atoms with Crippen LogP contribution in [0.3, 0.4) is 0 Å². The Morgan fingerprint density at radius 1 is 1.33 bits per heavy atom. The number of alkyl carbamates (subject to hydrolysis) is 1. The Kier molecular flexibility index (Phi) is 1.67. The van der Waals surface area contributed by atoms with Crippen LogP contribution in [0.15, 0.2) is 0 Å². The first-order valence-corrected chi connectivity index (χ1v) is 3.82. The SMILES string of the molecule is CC(C)(C)C1(C)OC(=O)NC1=O. The molecule has 1 N–H and O–H groups in total. The summed E-state index contributed by atoms with van der Waals surface area (Å²) in [5, 5.41) is 2.11. The number of carbonyl (C=O) groups is 2. The van der Waals surface area contributed by atoms with Gasteiger partial charge in [0.05, 0.1) is 0 Å². The van der Waals surface area contributed by atoms with Gasteiger partial charge in [-0.2, -0.15) is 0 Å². The average Bonchev–Trinajstić information content (AvgIpc) is 2.06. The zero-order valence-corrected chi connectivity index (χ0v) is 7.72. The summed E-state index contributed by atoms with van der Waals surface area (Å²) >= 11 is 0. The first kappa shape index (κ1) is 9.03. The Bertz CT molecular complexity index is 241. The van der Waals surface area contributed by atoms with Crippen LogP contribution in [0.25, 0.3) is 0 Å². The molecular formula is C8H13NO3. The van der Waals surface area contributed by atoms with Gasteiger partial charge in [0.1, 0.15) is 0 Å². The molecule has 1 aliphatic rings. The molecular weight excluding hydrogens is 158 g/mol. The van der Waals surface area contributed by atoms with Crippen LogP contribution in [-0.2, 0) is 9.53 Å². The highest BCUT2D eigenvalue weighted by Gasteiger charge is 2.53. The summed E-state index contributed by atoms with van der Waals surface area (Å²) in [4.78, 5) is 22.1. The van der Waals surface area contributed by atoms with Crippen molar-refractivity contribution in [2.24, 2.45) is 5.41 Å². The monoisotopic (exact) mass is 171 g/mol. The molecule has 1 heterocycles. The Morgan fingerprint density at radius 2 is 1.83 bits per heavy atom. The van der Waals surface area contributed by atoms with E-state index in [1.54, 1.807) is 6.92 Å². The highest BCUT2D eigenvalue weighted by Crippen LogP contribution is 2.36. The zero-order chi connectivity index (χ0) is 9.57. The Hall–Kier alpha value is -1.06. The molecule has 0 bridgehead atoms. The molecule has 1 atom stereocenters. The Morgan fingerprint density at radius 3 is 2.00 bits per heavy atom. The molecule has 0 saturated carbocycles. The standard InChI is InChI=1S/C8H13NO3/c1-7(2,3)8(4)5(10)9-6(11)12-8/h1-4H3,(H,9,10,11). The van der Waals surface area contributed by atoms with Crippen LogP contribution in [0.5, 0.6) is 0 Å². The number of hydrogen-bond donors (Lipinski definition) is 1. The lowest BCUT2D eigenvalue weighted by Crippen LogP contribution is -2.47. The van der Waals surface area contributed by atoms with Gasteiger partial charge >= 0.3 is 6.09 Å².